The van der Waals surface area contributed by atoms with E-state index in [0.29, 0.717) is 0 Å². The zero-order valence-corrected chi connectivity index (χ0v) is 21.3. The number of unbranched alkanes of at least 4 members (excludes halogenated alkanes) is 16. The number of allylic oxidation sites excluding steroid dienone is 2. The predicted octanol–water partition coefficient (Wildman–Crippen LogP) is 11.1. The van der Waals surface area contributed by atoms with Crippen molar-refractivity contribution in [3.63, 3.8) is 0 Å². The van der Waals surface area contributed by atoms with Crippen LogP contribution in [0, 0.1) is 25.7 Å². The number of rotatable bonds is 24. The van der Waals surface area contributed by atoms with Crippen molar-refractivity contribution in [1.29, 1.82) is 0 Å². The van der Waals surface area contributed by atoms with Gasteiger partial charge in [-0.1, -0.05) is 162 Å². The van der Waals surface area contributed by atoms with Crippen molar-refractivity contribution in [3.05, 3.63) is 26.0 Å². The summed E-state index contributed by atoms with van der Waals surface area (Å²) in [6, 6.07) is 0. The Morgan fingerprint density at radius 1 is 0.500 bits per heavy atom. The monoisotopic (exact) mass is 418 g/mol. The van der Waals surface area contributed by atoms with Crippen molar-refractivity contribution in [3.8, 4) is 0 Å². The van der Waals surface area contributed by atoms with Crippen molar-refractivity contribution < 1.29 is 0 Å². The highest BCUT2D eigenvalue weighted by Crippen LogP contribution is 2.18. The summed E-state index contributed by atoms with van der Waals surface area (Å²) in [6.07, 6.45) is 35.3. The van der Waals surface area contributed by atoms with Gasteiger partial charge in [-0.05, 0) is 31.1 Å². The third kappa shape index (κ3) is 24.0. The molecule has 0 nitrogen and oxygen atoms in total. The Balaban J connectivity index is 3.30. The predicted molar refractivity (Wildman–Crippen MR) is 140 cm³/mol. The minimum absolute atomic E-state index is 0.775. The average Bonchev–Trinajstić information content (AvgIpc) is 2.74. The minimum Gasteiger partial charge on any atom is -0.0883 e. The molecule has 0 aliphatic heterocycles. The summed E-state index contributed by atoms with van der Waals surface area (Å²) in [7, 11) is 0. The Morgan fingerprint density at radius 2 is 0.900 bits per heavy atom. The van der Waals surface area contributed by atoms with Gasteiger partial charge in [0.05, 0.1) is 0 Å². The zero-order valence-electron chi connectivity index (χ0n) is 21.3. The molecule has 0 fully saturated rings. The Hall–Kier alpha value is -0.260. The molecule has 0 aliphatic carbocycles. The van der Waals surface area contributed by atoms with Crippen LogP contribution in [0.15, 0.2) is 12.2 Å². The van der Waals surface area contributed by atoms with E-state index in [-0.39, 0.29) is 0 Å². The van der Waals surface area contributed by atoms with E-state index >= 15 is 0 Å². The first kappa shape index (κ1) is 29.7. The van der Waals surface area contributed by atoms with Crippen LogP contribution in [0.1, 0.15) is 155 Å². The molecule has 0 aliphatic rings. The molecule has 0 spiro atoms. The first-order valence-electron chi connectivity index (χ1n) is 14.0. The molecule has 178 valence electrons. The second-order valence-electron chi connectivity index (χ2n) is 10.0. The molecule has 0 aromatic carbocycles. The van der Waals surface area contributed by atoms with E-state index in [1.54, 1.807) is 0 Å². The van der Waals surface area contributed by atoms with Gasteiger partial charge in [0.1, 0.15) is 0 Å². The molecule has 2 radical (unpaired) electrons. The molecule has 0 N–H and O–H groups in total. The van der Waals surface area contributed by atoms with Crippen molar-refractivity contribution in [2.45, 2.75) is 155 Å². The van der Waals surface area contributed by atoms with Crippen LogP contribution in [-0.4, -0.2) is 0 Å². The Labute approximate surface area is 193 Å². The highest BCUT2D eigenvalue weighted by atomic mass is 14.1. The molecule has 0 saturated carbocycles. The number of hydrogen-bond donors (Lipinski definition) is 0. The Morgan fingerprint density at radius 3 is 1.47 bits per heavy atom. The lowest BCUT2D eigenvalue weighted by Gasteiger charge is -2.10. The van der Waals surface area contributed by atoms with Crippen LogP contribution in [0.4, 0.5) is 0 Å². The molecule has 2 unspecified atom stereocenters. The Bertz CT molecular complexity index is 329. The zero-order chi connectivity index (χ0) is 22.1. The van der Waals surface area contributed by atoms with E-state index in [0.717, 1.165) is 24.7 Å². The summed E-state index contributed by atoms with van der Waals surface area (Å²) < 4.78 is 0. The molecule has 30 heavy (non-hydrogen) atoms. The van der Waals surface area contributed by atoms with Crippen molar-refractivity contribution in [1.82, 2.24) is 0 Å². The molecule has 0 heterocycles. The van der Waals surface area contributed by atoms with Gasteiger partial charge in [-0.3, -0.25) is 0 Å². The van der Waals surface area contributed by atoms with Crippen LogP contribution in [0.25, 0.3) is 0 Å². The van der Waals surface area contributed by atoms with E-state index in [2.05, 4.69) is 39.8 Å². The third-order valence-corrected chi connectivity index (χ3v) is 6.64. The maximum absolute atomic E-state index is 3.94. The molecular formula is C30H58. The van der Waals surface area contributed by atoms with E-state index in [1.165, 1.54) is 128 Å². The lowest BCUT2D eigenvalue weighted by atomic mass is 9.96. The van der Waals surface area contributed by atoms with Crippen LogP contribution in [-0.2, 0) is 0 Å². The minimum atomic E-state index is 0.775. The highest BCUT2D eigenvalue weighted by molar-refractivity contribution is 4.86. The average molecular weight is 419 g/mol. The molecule has 0 aromatic heterocycles. The molecule has 0 saturated heterocycles. The summed E-state index contributed by atoms with van der Waals surface area (Å²) in [5, 5.41) is 0. The van der Waals surface area contributed by atoms with Gasteiger partial charge in [-0.2, -0.15) is 0 Å². The fourth-order valence-electron chi connectivity index (χ4n) is 4.40. The summed E-state index contributed by atoms with van der Waals surface area (Å²) in [5.41, 5.74) is 0. The Kier molecular flexibility index (Phi) is 24.8. The fraction of sp³-hybridized carbons (Fsp3) is 0.867. The van der Waals surface area contributed by atoms with Crippen molar-refractivity contribution in [2.24, 2.45) is 11.8 Å². The first-order valence-corrected chi connectivity index (χ1v) is 14.0. The molecule has 0 rings (SSSR count). The summed E-state index contributed by atoms with van der Waals surface area (Å²) in [4.78, 5) is 0. The van der Waals surface area contributed by atoms with Gasteiger partial charge in [0, 0.05) is 0 Å². The van der Waals surface area contributed by atoms with E-state index in [9.17, 15) is 0 Å². The molecule has 0 aromatic rings. The van der Waals surface area contributed by atoms with Crippen LogP contribution in [0.5, 0.6) is 0 Å². The first-order chi connectivity index (χ1) is 14.7. The summed E-state index contributed by atoms with van der Waals surface area (Å²) >= 11 is 0. The maximum Gasteiger partial charge on any atom is -0.0262 e. The van der Waals surface area contributed by atoms with E-state index in [4.69, 9.17) is 0 Å². The molecule has 2 atom stereocenters. The standard InChI is InChI=1S/C30H58/c1-5-7-9-10-11-12-13-14-15-18-22-27-30(4)28-24-20-17-16-19-23-26-29(3)25-21-8-6-2/h24,28-30H,1-2,5-23,25-27H2,3-4H3. The lowest BCUT2D eigenvalue weighted by Crippen LogP contribution is -1.94. The summed E-state index contributed by atoms with van der Waals surface area (Å²) in [6.45, 7) is 12.7. The van der Waals surface area contributed by atoms with E-state index < -0.39 is 0 Å². The topological polar surface area (TPSA) is 0 Å². The summed E-state index contributed by atoms with van der Waals surface area (Å²) in [5.74, 6) is 1.70. The van der Waals surface area contributed by atoms with Crippen LogP contribution >= 0.6 is 0 Å². The second-order valence-corrected chi connectivity index (χ2v) is 10.0. The van der Waals surface area contributed by atoms with Gasteiger partial charge >= 0.3 is 0 Å². The second kappa shape index (κ2) is 25.0. The van der Waals surface area contributed by atoms with Crippen LogP contribution in [0.2, 0.25) is 0 Å². The van der Waals surface area contributed by atoms with Crippen LogP contribution < -0.4 is 0 Å². The lowest BCUT2D eigenvalue weighted by molar-refractivity contribution is 0.440. The van der Waals surface area contributed by atoms with Gasteiger partial charge in [-0.25, -0.2) is 0 Å². The van der Waals surface area contributed by atoms with Gasteiger partial charge in [-0.15, -0.1) is 0 Å². The number of hydrogen-bond acceptors (Lipinski definition) is 0. The van der Waals surface area contributed by atoms with Gasteiger partial charge in [0.15, 0.2) is 0 Å². The highest BCUT2D eigenvalue weighted by Gasteiger charge is 2.01. The molecular weight excluding hydrogens is 360 g/mol. The third-order valence-electron chi connectivity index (χ3n) is 6.64. The largest absolute Gasteiger partial charge is 0.0883 e. The normalized spacial score (nSPS) is 13.9. The molecule has 0 amide bonds. The van der Waals surface area contributed by atoms with Gasteiger partial charge in [0.2, 0.25) is 0 Å². The van der Waals surface area contributed by atoms with Gasteiger partial charge in [0.25, 0.3) is 0 Å². The van der Waals surface area contributed by atoms with Crippen LogP contribution in [0.3, 0.4) is 0 Å². The van der Waals surface area contributed by atoms with E-state index in [1.807, 2.05) is 0 Å². The SMILES string of the molecule is [CH2]CCCCCCCCCCCCC(C)C=CCCCCCCC(C)CCCC[CH2]. The fourth-order valence-corrected chi connectivity index (χ4v) is 4.40. The molecule has 0 heteroatoms. The van der Waals surface area contributed by atoms with Gasteiger partial charge < -0.3 is 0 Å². The van der Waals surface area contributed by atoms with Crippen molar-refractivity contribution >= 4 is 0 Å². The smallest absolute Gasteiger partial charge is 0.0262 e. The molecule has 0 bridgehead atoms. The van der Waals surface area contributed by atoms with Crippen molar-refractivity contribution in [2.75, 3.05) is 0 Å². The maximum atomic E-state index is 3.94. The quantitative estimate of drug-likeness (QED) is 0.108.